The van der Waals surface area contributed by atoms with Crippen LogP contribution in [-0.4, -0.2) is 36.7 Å². The Bertz CT molecular complexity index is 411. The van der Waals surface area contributed by atoms with E-state index in [4.69, 9.17) is 4.74 Å². The van der Waals surface area contributed by atoms with Gasteiger partial charge in [-0.25, -0.2) is 4.98 Å². The summed E-state index contributed by atoms with van der Waals surface area (Å²) in [7, 11) is 0. The number of anilines is 1. The number of carbonyl (C=O) groups excluding carboxylic acids is 1. The molecule has 0 radical (unpaired) electrons. The predicted molar refractivity (Wildman–Crippen MR) is 65.3 cm³/mol. The van der Waals surface area contributed by atoms with Crippen molar-refractivity contribution in [3.05, 3.63) is 11.1 Å². The summed E-state index contributed by atoms with van der Waals surface area (Å²) in [6.07, 6.45) is 2.07. The van der Waals surface area contributed by atoms with Crippen LogP contribution in [0.1, 0.15) is 24.5 Å². The first-order valence-electron chi connectivity index (χ1n) is 5.91. The highest BCUT2D eigenvalue weighted by molar-refractivity contribution is 7.13. The van der Waals surface area contributed by atoms with Crippen LogP contribution in [0, 0.1) is 0 Å². The molecule has 0 unspecified atom stereocenters. The fourth-order valence-electron chi connectivity index (χ4n) is 1.83. The van der Waals surface area contributed by atoms with Crippen molar-refractivity contribution in [2.24, 2.45) is 0 Å². The van der Waals surface area contributed by atoms with Gasteiger partial charge in [0.05, 0.1) is 12.3 Å². The maximum Gasteiger partial charge on any atom is 0.256 e. The molecule has 0 spiro atoms. The Morgan fingerprint density at radius 3 is 3.18 bits per heavy atom. The van der Waals surface area contributed by atoms with Crippen molar-refractivity contribution in [3.63, 3.8) is 0 Å². The van der Waals surface area contributed by atoms with E-state index >= 15 is 0 Å². The molecule has 2 N–H and O–H groups in total. The Hall–Kier alpha value is -0.980. The van der Waals surface area contributed by atoms with Crippen LogP contribution >= 0.6 is 11.3 Å². The number of aromatic nitrogens is 1. The van der Waals surface area contributed by atoms with Crippen LogP contribution in [0.15, 0.2) is 5.38 Å². The summed E-state index contributed by atoms with van der Waals surface area (Å²) in [4.78, 5) is 16.3. The third-order valence-electron chi connectivity index (χ3n) is 2.97. The van der Waals surface area contributed by atoms with E-state index in [2.05, 4.69) is 15.6 Å². The van der Waals surface area contributed by atoms with Gasteiger partial charge < -0.3 is 10.1 Å². The third-order valence-corrected chi connectivity index (χ3v) is 3.74. The predicted octanol–water partition coefficient (Wildman–Crippen LogP) is 0.947. The summed E-state index contributed by atoms with van der Waals surface area (Å²) in [6, 6.07) is 0. The molecule has 5 nitrogen and oxygen atoms in total. The van der Waals surface area contributed by atoms with Crippen LogP contribution in [0.4, 0.5) is 5.13 Å². The molecule has 1 aromatic rings. The quantitative estimate of drug-likeness (QED) is 0.842. The zero-order valence-electron chi connectivity index (χ0n) is 9.44. The molecule has 1 amide bonds. The molecule has 1 aromatic heterocycles. The van der Waals surface area contributed by atoms with Gasteiger partial charge in [0.15, 0.2) is 5.13 Å². The van der Waals surface area contributed by atoms with E-state index in [0.717, 1.165) is 12.2 Å². The molecule has 6 heteroatoms. The lowest BCUT2D eigenvalue weighted by Gasteiger charge is -2.22. The van der Waals surface area contributed by atoms with Crippen LogP contribution in [0.2, 0.25) is 0 Å². The maximum atomic E-state index is 11.9. The highest BCUT2D eigenvalue weighted by Gasteiger charge is 2.27. The Kier molecular flexibility index (Phi) is 3.09. The molecule has 2 heterocycles. The number of hydrogen-bond acceptors (Lipinski definition) is 5. The smallest absolute Gasteiger partial charge is 0.256 e. The Morgan fingerprint density at radius 1 is 1.59 bits per heavy atom. The lowest BCUT2D eigenvalue weighted by atomic mass is 10.3. The molecule has 1 saturated carbocycles. The number of hydrogen-bond donors (Lipinski definition) is 2. The second-order valence-corrected chi connectivity index (χ2v) is 5.26. The Balaban J connectivity index is 1.58. The lowest BCUT2D eigenvalue weighted by molar-refractivity contribution is -0.128. The van der Waals surface area contributed by atoms with Crippen molar-refractivity contribution >= 4 is 22.4 Å². The highest BCUT2D eigenvalue weighted by Crippen LogP contribution is 2.40. The molecular formula is C11H15N3O2S. The number of nitrogens with one attached hydrogen (secondary N) is 2. The van der Waals surface area contributed by atoms with Crippen LogP contribution in [0.25, 0.3) is 0 Å². The molecule has 1 aliphatic heterocycles. The summed E-state index contributed by atoms with van der Waals surface area (Å²) in [5.74, 6) is 0.526. The van der Waals surface area contributed by atoms with Crippen molar-refractivity contribution in [1.82, 2.24) is 10.3 Å². The number of carbonyl (C=O) groups is 1. The van der Waals surface area contributed by atoms with Crippen molar-refractivity contribution in [2.45, 2.75) is 24.9 Å². The van der Waals surface area contributed by atoms with Gasteiger partial charge in [0, 0.05) is 24.4 Å². The molecular weight excluding hydrogens is 238 g/mol. The molecule has 17 heavy (non-hydrogen) atoms. The molecule has 3 rings (SSSR count). The van der Waals surface area contributed by atoms with E-state index in [1.54, 1.807) is 0 Å². The largest absolute Gasteiger partial charge is 0.366 e. The topological polar surface area (TPSA) is 63.2 Å². The minimum absolute atomic E-state index is 0.103. The van der Waals surface area contributed by atoms with Crippen LogP contribution in [0.5, 0.6) is 0 Å². The number of morpholine rings is 1. The monoisotopic (exact) mass is 253 g/mol. The summed E-state index contributed by atoms with van der Waals surface area (Å²) in [6.45, 7) is 1.98. The fourth-order valence-corrected chi connectivity index (χ4v) is 2.63. The maximum absolute atomic E-state index is 11.9. The van der Waals surface area contributed by atoms with Crippen molar-refractivity contribution in [2.75, 3.05) is 25.0 Å². The van der Waals surface area contributed by atoms with Gasteiger partial charge in [-0.2, -0.15) is 0 Å². The zero-order valence-corrected chi connectivity index (χ0v) is 10.3. The van der Waals surface area contributed by atoms with E-state index < -0.39 is 6.10 Å². The van der Waals surface area contributed by atoms with Gasteiger partial charge >= 0.3 is 0 Å². The number of nitrogens with zero attached hydrogens (tertiary/aromatic N) is 1. The average molecular weight is 253 g/mol. The molecule has 0 aromatic carbocycles. The van der Waals surface area contributed by atoms with Gasteiger partial charge in [-0.15, -0.1) is 11.3 Å². The van der Waals surface area contributed by atoms with E-state index in [1.807, 2.05) is 5.38 Å². The first-order valence-corrected chi connectivity index (χ1v) is 6.79. The van der Waals surface area contributed by atoms with E-state index in [9.17, 15) is 4.79 Å². The lowest BCUT2D eigenvalue weighted by Crippen LogP contribution is -2.45. The van der Waals surface area contributed by atoms with Gasteiger partial charge in [0.1, 0.15) is 6.10 Å². The van der Waals surface area contributed by atoms with E-state index in [0.29, 0.717) is 24.2 Å². The Labute approximate surface area is 104 Å². The summed E-state index contributed by atoms with van der Waals surface area (Å²) in [5, 5.41) is 8.67. The first-order chi connectivity index (χ1) is 8.33. The number of thiazole rings is 1. The average Bonchev–Trinajstić information content (AvgIpc) is 3.12. The van der Waals surface area contributed by atoms with Crippen molar-refractivity contribution in [1.29, 1.82) is 0 Å². The van der Waals surface area contributed by atoms with Crippen molar-refractivity contribution in [3.8, 4) is 0 Å². The summed E-state index contributed by atoms with van der Waals surface area (Å²) in [5.41, 5.74) is 1.12. The molecule has 1 aliphatic carbocycles. The second kappa shape index (κ2) is 4.72. The number of rotatable bonds is 3. The van der Waals surface area contributed by atoms with Gasteiger partial charge in [-0.05, 0) is 12.8 Å². The van der Waals surface area contributed by atoms with Gasteiger partial charge in [0.2, 0.25) is 0 Å². The minimum atomic E-state index is -0.392. The van der Waals surface area contributed by atoms with E-state index in [1.165, 1.54) is 24.2 Å². The fraction of sp³-hybridized carbons (Fsp3) is 0.636. The molecule has 2 fully saturated rings. The molecule has 1 atom stereocenters. The van der Waals surface area contributed by atoms with Crippen molar-refractivity contribution < 1.29 is 9.53 Å². The normalized spacial score (nSPS) is 24.6. The standard InChI is InChI=1S/C11H15N3O2S/c15-10(9-5-12-3-4-16-9)14-11-13-8(6-17-11)7-1-2-7/h6-7,9,12H,1-5H2,(H,13,14,15)/t9-/m1/s1. The summed E-state index contributed by atoms with van der Waals surface area (Å²) >= 11 is 1.49. The molecule has 2 aliphatic rings. The SMILES string of the molecule is O=C(Nc1nc(C2CC2)cs1)[C@H]1CNCCO1. The zero-order chi connectivity index (χ0) is 11.7. The Morgan fingerprint density at radius 2 is 2.47 bits per heavy atom. The van der Waals surface area contributed by atoms with Crippen LogP contribution in [-0.2, 0) is 9.53 Å². The number of ether oxygens (including phenoxy) is 1. The van der Waals surface area contributed by atoms with Crippen LogP contribution < -0.4 is 10.6 Å². The van der Waals surface area contributed by atoms with Crippen LogP contribution in [0.3, 0.4) is 0 Å². The summed E-state index contributed by atoms with van der Waals surface area (Å²) < 4.78 is 5.38. The highest BCUT2D eigenvalue weighted by atomic mass is 32.1. The molecule has 92 valence electrons. The van der Waals surface area contributed by atoms with Gasteiger partial charge in [-0.1, -0.05) is 0 Å². The second-order valence-electron chi connectivity index (χ2n) is 4.40. The molecule has 0 bridgehead atoms. The van der Waals surface area contributed by atoms with E-state index in [-0.39, 0.29) is 5.91 Å². The third kappa shape index (κ3) is 2.65. The molecule has 1 saturated heterocycles. The van der Waals surface area contributed by atoms with Gasteiger partial charge in [-0.3, -0.25) is 10.1 Å². The van der Waals surface area contributed by atoms with Gasteiger partial charge in [0.25, 0.3) is 5.91 Å². The number of amides is 1. The first kappa shape index (κ1) is 11.1. The minimum Gasteiger partial charge on any atom is -0.366 e.